The molecule has 0 unspecified atom stereocenters. The van der Waals surface area contributed by atoms with E-state index in [1.54, 1.807) is 0 Å². The van der Waals surface area contributed by atoms with Crippen LogP contribution in [-0.4, -0.2) is 76.6 Å². The van der Waals surface area contributed by atoms with E-state index in [9.17, 15) is 0 Å². The number of morpholine rings is 1. The molecule has 5 heterocycles. The highest BCUT2D eigenvalue weighted by Crippen LogP contribution is 2.39. The highest BCUT2D eigenvalue weighted by Gasteiger charge is 2.41. The minimum Gasteiger partial charge on any atom is -0.379 e. The monoisotopic (exact) mass is 455 g/mol. The molecule has 0 aliphatic carbocycles. The maximum absolute atomic E-state index is 5.93. The molecule has 3 aliphatic rings. The third-order valence-corrected chi connectivity index (χ3v) is 7.12. The molecule has 1 N–H and O–H groups in total. The fourth-order valence-electron chi connectivity index (χ4n) is 5.13. The first-order chi connectivity index (χ1) is 15.8. The second-order valence-electron chi connectivity index (χ2n) is 8.85. The van der Waals surface area contributed by atoms with E-state index in [4.69, 9.17) is 21.7 Å². The molecule has 32 heavy (non-hydrogen) atoms. The van der Waals surface area contributed by atoms with Gasteiger partial charge < -0.3 is 24.3 Å². The zero-order valence-corrected chi connectivity index (χ0v) is 19.4. The zero-order chi connectivity index (χ0) is 21.8. The molecule has 3 aliphatic heterocycles. The molecule has 7 nitrogen and oxygen atoms in total. The minimum absolute atomic E-state index is 0.0326. The van der Waals surface area contributed by atoms with E-state index >= 15 is 0 Å². The third kappa shape index (κ3) is 4.83. The summed E-state index contributed by atoms with van der Waals surface area (Å²) in [6.45, 7) is 7.47. The first-order valence-corrected chi connectivity index (χ1v) is 12.3. The van der Waals surface area contributed by atoms with Gasteiger partial charge in [0.25, 0.3) is 0 Å². The summed E-state index contributed by atoms with van der Waals surface area (Å²) < 4.78 is 13.8. The van der Waals surface area contributed by atoms with Gasteiger partial charge in [-0.05, 0) is 55.7 Å². The lowest BCUT2D eigenvalue weighted by Gasteiger charge is -2.31. The fourth-order valence-corrected chi connectivity index (χ4v) is 5.46. The molecular weight excluding hydrogens is 422 g/mol. The molecule has 2 aromatic rings. The predicted molar refractivity (Wildman–Crippen MR) is 127 cm³/mol. The second-order valence-corrected chi connectivity index (χ2v) is 9.23. The quantitative estimate of drug-likeness (QED) is 0.615. The van der Waals surface area contributed by atoms with Crippen molar-refractivity contribution in [1.29, 1.82) is 0 Å². The SMILES string of the molecule is S=C1N[C@H](c2ccccn2)[C@H](c2cccn2C[C@H]2CCCO2)N1CCCN1CCOCC1. The molecule has 0 radical (unpaired) electrons. The molecule has 5 rings (SSSR count). The number of hydrogen-bond acceptors (Lipinski definition) is 5. The van der Waals surface area contributed by atoms with E-state index < -0.39 is 0 Å². The molecular formula is C24H33N5O2S. The van der Waals surface area contributed by atoms with Crippen LogP contribution in [0.1, 0.15) is 42.7 Å². The van der Waals surface area contributed by atoms with Crippen LogP contribution in [-0.2, 0) is 16.0 Å². The highest BCUT2D eigenvalue weighted by atomic mass is 32.1. The molecule has 2 aromatic heterocycles. The van der Waals surface area contributed by atoms with Gasteiger partial charge in [-0.1, -0.05) is 6.07 Å². The summed E-state index contributed by atoms with van der Waals surface area (Å²) in [5.41, 5.74) is 2.30. The van der Waals surface area contributed by atoms with Gasteiger partial charge >= 0.3 is 0 Å². The Labute approximate surface area is 195 Å². The number of ether oxygens (including phenoxy) is 2. The van der Waals surface area contributed by atoms with Crippen molar-refractivity contribution in [1.82, 2.24) is 24.7 Å². The summed E-state index contributed by atoms with van der Waals surface area (Å²) >= 11 is 5.84. The van der Waals surface area contributed by atoms with Crippen molar-refractivity contribution in [2.24, 2.45) is 0 Å². The van der Waals surface area contributed by atoms with Crippen LogP contribution in [0.4, 0.5) is 0 Å². The number of aromatic nitrogens is 2. The van der Waals surface area contributed by atoms with E-state index in [1.165, 1.54) is 5.69 Å². The van der Waals surface area contributed by atoms with E-state index in [0.29, 0.717) is 6.10 Å². The minimum atomic E-state index is 0.0326. The van der Waals surface area contributed by atoms with Gasteiger partial charge in [-0.25, -0.2) is 0 Å². The Kier molecular flexibility index (Phi) is 7.02. The van der Waals surface area contributed by atoms with Crippen LogP contribution in [0.15, 0.2) is 42.7 Å². The average Bonchev–Trinajstić information content (AvgIpc) is 3.57. The lowest BCUT2D eigenvalue weighted by Crippen LogP contribution is -2.39. The van der Waals surface area contributed by atoms with Crippen molar-refractivity contribution in [3.8, 4) is 0 Å². The molecule has 8 heteroatoms. The molecule has 0 bridgehead atoms. The summed E-state index contributed by atoms with van der Waals surface area (Å²) in [5, 5.41) is 4.40. The average molecular weight is 456 g/mol. The van der Waals surface area contributed by atoms with E-state index in [-0.39, 0.29) is 12.1 Å². The summed E-state index contributed by atoms with van der Waals surface area (Å²) in [6.07, 6.45) is 7.70. The maximum atomic E-state index is 5.93. The van der Waals surface area contributed by atoms with Gasteiger partial charge in [0.15, 0.2) is 5.11 Å². The summed E-state index contributed by atoms with van der Waals surface area (Å²) in [7, 11) is 0. The Morgan fingerprint density at radius 1 is 1.09 bits per heavy atom. The Morgan fingerprint density at radius 3 is 2.78 bits per heavy atom. The molecule has 0 amide bonds. The predicted octanol–water partition coefficient (Wildman–Crippen LogP) is 2.76. The summed E-state index contributed by atoms with van der Waals surface area (Å²) in [4.78, 5) is 9.53. The zero-order valence-electron chi connectivity index (χ0n) is 18.6. The van der Waals surface area contributed by atoms with Crippen molar-refractivity contribution in [2.75, 3.05) is 46.0 Å². The van der Waals surface area contributed by atoms with Crippen LogP contribution in [0.25, 0.3) is 0 Å². The Bertz CT molecular complexity index is 880. The largest absolute Gasteiger partial charge is 0.379 e. The van der Waals surface area contributed by atoms with Crippen molar-refractivity contribution >= 4 is 17.3 Å². The maximum Gasteiger partial charge on any atom is 0.170 e. The van der Waals surface area contributed by atoms with Crippen LogP contribution in [0.3, 0.4) is 0 Å². The van der Waals surface area contributed by atoms with Gasteiger partial charge in [0.2, 0.25) is 0 Å². The standard InChI is InChI=1S/C24H33N5O2S/c32-24-26-22(20-7-1-2-9-25-20)23(29(24)12-5-10-27-13-16-30-17-14-27)21-8-3-11-28(21)18-19-6-4-15-31-19/h1-3,7-9,11,19,22-23H,4-6,10,12-18H2,(H,26,32)/t19-,22-,23+/m1/s1. The highest BCUT2D eigenvalue weighted by molar-refractivity contribution is 7.80. The van der Waals surface area contributed by atoms with Gasteiger partial charge in [0.05, 0.1) is 37.1 Å². The van der Waals surface area contributed by atoms with Crippen LogP contribution in [0.5, 0.6) is 0 Å². The molecule has 3 saturated heterocycles. The number of pyridine rings is 1. The Balaban J connectivity index is 1.36. The van der Waals surface area contributed by atoms with Crippen molar-refractivity contribution in [3.63, 3.8) is 0 Å². The third-order valence-electron chi connectivity index (χ3n) is 6.77. The molecule has 0 aromatic carbocycles. The number of nitrogens with one attached hydrogen (secondary N) is 1. The Hall–Kier alpha value is -2.00. The number of hydrogen-bond donors (Lipinski definition) is 1. The number of rotatable bonds is 8. The van der Waals surface area contributed by atoms with Gasteiger partial charge in [-0.3, -0.25) is 9.88 Å². The van der Waals surface area contributed by atoms with E-state index in [1.807, 2.05) is 12.3 Å². The topological polar surface area (TPSA) is 54.8 Å². The van der Waals surface area contributed by atoms with E-state index in [0.717, 1.165) is 82.6 Å². The summed E-state index contributed by atoms with van der Waals surface area (Å²) in [5.74, 6) is 0. The first-order valence-electron chi connectivity index (χ1n) is 11.8. The Morgan fingerprint density at radius 2 is 2.00 bits per heavy atom. The van der Waals surface area contributed by atoms with Crippen LogP contribution < -0.4 is 5.32 Å². The smallest absolute Gasteiger partial charge is 0.170 e. The first kappa shape index (κ1) is 21.8. The van der Waals surface area contributed by atoms with Gasteiger partial charge in [0, 0.05) is 57.4 Å². The van der Waals surface area contributed by atoms with Crippen molar-refractivity contribution in [3.05, 3.63) is 54.1 Å². The van der Waals surface area contributed by atoms with Gasteiger partial charge in [-0.15, -0.1) is 0 Å². The lowest BCUT2D eigenvalue weighted by molar-refractivity contribution is 0.0365. The van der Waals surface area contributed by atoms with E-state index in [2.05, 4.69) is 55.1 Å². The number of thiocarbonyl (C=S) groups is 1. The number of nitrogens with zero attached hydrogens (tertiary/aromatic N) is 4. The molecule has 3 fully saturated rings. The molecule has 172 valence electrons. The molecule has 0 saturated carbocycles. The van der Waals surface area contributed by atoms with Gasteiger partial charge in [0.1, 0.15) is 0 Å². The normalized spacial score (nSPS) is 26.6. The summed E-state index contributed by atoms with van der Waals surface area (Å²) in [6, 6.07) is 10.6. The van der Waals surface area contributed by atoms with Gasteiger partial charge in [-0.2, -0.15) is 0 Å². The van der Waals surface area contributed by atoms with Crippen molar-refractivity contribution in [2.45, 2.75) is 44.0 Å². The van der Waals surface area contributed by atoms with Crippen LogP contribution in [0.2, 0.25) is 0 Å². The fraction of sp³-hybridized carbons (Fsp3) is 0.583. The second kappa shape index (κ2) is 10.3. The van der Waals surface area contributed by atoms with Crippen molar-refractivity contribution < 1.29 is 9.47 Å². The molecule has 3 atom stereocenters. The van der Waals surface area contributed by atoms with Crippen LogP contribution >= 0.6 is 12.2 Å². The van der Waals surface area contributed by atoms with Crippen LogP contribution in [0, 0.1) is 0 Å². The lowest BCUT2D eigenvalue weighted by atomic mass is 10.0. The molecule has 0 spiro atoms.